The summed E-state index contributed by atoms with van der Waals surface area (Å²) >= 11 is 0. The molecule has 0 aromatic carbocycles. The summed E-state index contributed by atoms with van der Waals surface area (Å²) in [5, 5.41) is 0. The Morgan fingerprint density at radius 1 is 0.333 bits per heavy atom. The van der Waals surface area contributed by atoms with Crippen LogP contribution in [-0.2, 0) is 0 Å². The van der Waals surface area contributed by atoms with Crippen molar-refractivity contribution in [2.24, 2.45) is 0 Å². The zero-order chi connectivity index (χ0) is 12.6. The number of hydrogen-bond donors (Lipinski definition) is 0. The van der Waals surface area contributed by atoms with E-state index < -0.39 is 0 Å². The molecule has 0 heterocycles. The van der Waals surface area contributed by atoms with E-state index in [0.29, 0.717) is 0 Å². The van der Waals surface area contributed by atoms with Gasteiger partial charge in [-0.05, 0) is 0 Å². The average molecular weight is 374 g/mol. The van der Waals surface area contributed by atoms with Crippen LogP contribution >= 0.6 is 0 Å². The van der Waals surface area contributed by atoms with Gasteiger partial charge in [0.05, 0.1) is 0 Å². The van der Waals surface area contributed by atoms with Gasteiger partial charge in [0.15, 0.2) is 0 Å². The molecule has 1 heteroatoms. The van der Waals surface area contributed by atoms with E-state index in [2.05, 4.69) is 13.8 Å². The van der Waals surface area contributed by atoms with Crippen molar-refractivity contribution in [3.63, 3.8) is 0 Å². The van der Waals surface area contributed by atoms with Gasteiger partial charge in [-0.1, -0.05) is 110 Å². The van der Waals surface area contributed by atoms with E-state index in [9.17, 15) is 0 Å². The summed E-state index contributed by atoms with van der Waals surface area (Å²) in [7, 11) is 0. The second-order valence-electron chi connectivity index (χ2n) is 5.60. The predicted octanol–water partition coefficient (Wildman–Crippen LogP) is 6.23. The molecule has 0 aromatic heterocycles. The normalized spacial score (nSPS) is 10.3. The van der Waals surface area contributed by atoms with Crippen LogP contribution in [0.4, 0.5) is 0 Å². The maximum atomic E-state index is 2.29. The van der Waals surface area contributed by atoms with Crippen LogP contribution in [-0.4, -0.2) is 68.9 Å². The molecule has 0 atom stereocenters. The summed E-state index contributed by atoms with van der Waals surface area (Å²) in [5.74, 6) is 0. The molecule has 0 aliphatic rings. The summed E-state index contributed by atoms with van der Waals surface area (Å²) in [5.41, 5.74) is 0. The van der Waals surface area contributed by atoms with Crippen molar-refractivity contribution >= 4 is 68.9 Å². The molecule has 0 saturated carbocycles. The third kappa shape index (κ3) is 20.4. The zero-order valence-electron chi connectivity index (χ0n) is 12.6. The SMILES string of the molecule is CCCCCCCCCCCCCCCCC.[CsH]. The van der Waals surface area contributed by atoms with Crippen molar-refractivity contribution in [1.82, 2.24) is 0 Å². The minimum atomic E-state index is 0. The molecule has 0 unspecified atom stereocenters. The van der Waals surface area contributed by atoms with Crippen molar-refractivity contribution in [1.29, 1.82) is 0 Å². The molecule has 0 nitrogen and oxygen atoms in total. The molecule has 0 radical (unpaired) electrons. The summed E-state index contributed by atoms with van der Waals surface area (Å²) in [6, 6.07) is 0. The Balaban J connectivity index is 0. The van der Waals surface area contributed by atoms with E-state index in [4.69, 9.17) is 0 Å². The van der Waals surface area contributed by atoms with Gasteiger partial charge in [-0.3, -0.25) is 0 Å². The minimum absolute atomic E-state index is 0. The van der Waals surface area contributed by atoms with E-state index in [1.807, 2.05) is 0 Å². The van der Waals surface area contributed by atoms with E-state index in [1.54, 1.807) is 0 Å². The van der Waals surface area contributed by atoms with Crippen molar-refractivity contribution in [2.45, 2.75) is 110 Å². The van der Waals surface area contributed by atoms with E-state index in [-0.39, 0.29) is 68.9 Å². The van der Waals surface area contributed by atoms with E-state index in [0.717, 1.165) is 0 Å². The van der Waals surface area contributed by atoms with Gasteiger partial charge in [0.1, 0.15) is 0 Å². The van der Waals surface area contributed by atoms with Crippen LogP contribution in [0.25, 0.3) is 0 Å². The number of hydrogen-bond acceptors (Lipinski definition) is 0. The van der Waals surface area contributed by atoms with Gasteiger partial charge in [0.25, 0.3) is 0 Å². The van der Waals surface area contributed by atoms with Crippen molar-refractivity contribution in [3.8, 4) is 0 Å². The molecule has 0 aromatic rings. The predicted molar refractivity (Wildman–Crippen MR) is 87.8 cm³/mol. The zero-order valence-corrected chi connectivity index (χ0v) is 12.6. The van der Waals surface area contributed by atoms with Gasteiger partial charge < -0.3 is 0 Å². The Kier molecular flexibility index (Phi) is 26.5. The fraction of sp³-hybridized carbons (Fsp3) is 1.00. The molecule has 0 fully saturated rings. The van der Waals surface area contributed by atoms with Crippen LogP contribution in [0.15, 0.2) is 0 Å². The Bertz CT molecular complexity index is 109. The first kappa shape index (κ1) is 22.3. The standard InChI is InChI=1S/C17H36.Cs.H/c1-3-5-7-9-11-13-15-17-16-14-12-10-8-6-4-2;;/h3-17H2,1-2H3;;. The summed E-state index contributed by atoms with van der Waals surface area (Å²) in [6.07, 6.45) is 21.9. The Labute approximate surface area is 176 Å². The molecule has 0 saturated heterocycles. The van der Waals surface area contributed by atoms with Crippen LogP contribution in [0.3, 0.4) is 0 Å². The van der Waals surface area contributed by atoms with Gasteiger partial charge in [0.2, 0.25) is 0 Å². The molecular weight excluding hydrogens is 337 g/mol. The number of rotatable bonds is 14. The topological polar surface area (TPSA) is 0 Å². The average Bonchev–Trinajstić information content (AvgIpc) is 2.35. The van der Waals surface area contributed by atoms with Crippen LogP contribution < -0.4 is 0 Å². The fourth-order valence-electron chi connectivity index (χ4n) is 2.44. The van der Waals surface area contributed by atoms with Gasteiger partial charge in [0, 0.05) is 0 Å². The molecule has 106 valence electrons. The monoisotopic (exact) mass is 374 g/mol. The Morgan fingerprint density at radius 3 is 0.667 bits per heavy atom. The van der Waals surface area contributed by atoms with E-state index in [1.165, 1.54) is 96.3 Å². The third-order valence-electron chi connectivity index (χ3n) is 3.71. The van der Waals surface area contributed by atoms with Crippen molar-refractivity contribution < 1.29 is 0 Å². The number of unbranched alkanes of at least 4 members (excludes halogenated alkanes) is 14. The molecule has 18 heavy (non-hydrogen) atoms. The van der Waals surface area contributed by atoms with Crippen LogP contribution in [0.1, 0.15) is 110 Å². The Hall–Kier alpha value is 2.05. The first-order chi connectivity index (χ1) is 8.41. The van der Waals surface area contributed by atoms with Crippen LogP contribution in [0.2, 0.25) is 0 Å². The maximum absolute atomic E-state index is 2.29. The van der Waals surface area contributed by atoms with Crippen LogP contribution in [0.5, 0.6) is 0 Å². The molecule has 0 amide bonds. The van der Waals surface area contributed by atoms with Gasteiger partial charge in [-0.15, -0.1) is 0 Å². The molecule has 0 bridgehead atoms. The summed E-state index contributed by atoms with van der Waals surface area (Å²) in [4.78, 5) is 0. The quantitative estimate of drug-likeness (QED) is 0.316. The fourth-order valence-corrected chi connectivity index (χ4v) is 2.44. The van der Waals surface area contributed by atoms with Crippen molar-refractivity contribution in [3.05, 3.63) is 0 Å². The molecule has 0 spiro atoms. The van der Waals surface area contributed by atoms with Crippen molar-refractivity contribution in [2.75, 3.05) is 0 Å². The second-order valence-corrected chi connectivity index (χ2v) is 5.60. The second kappa shape index (κ2) is 21.4. The summed E-state index contributed by atoms with van der Waals surface area (Å²) in [6.45, 7) is 4.58. The molecular formula is C17H37Cs. The molecule has 0 aliphatic carbocycles. The van der Waals surface area contributed by atoms with Gasteiger partial charge in [-0.25, -0.2) is 0 Å². The third-order valence-corrected chi connectivity index (χ3v) is 3.71. The molecule has 0 rings (SSSR count). The molecule has 0 aliphatic heterocycles. The van der Waals surface area contributed by atoms with Gasteiger partial charge in [-0.2, -0.15) is 0 Å². The first-order valence-corrected chi connectivity index (χ1v) is 8.41. The summed E-state index contributed by atoms with van der Waals surface area (Å²) < 4.78 is 0. The Morgan fingerprint density at radius 2 is 0.500 bits per heavy atom. The van der Waals surface area contributed by atoms with E-state index >= 15 is 0 Å². The first-order valence-electron chi connectivity index (χ1n) is 8.41. The van der Waals surface area contributed by atoms with Gasteiger partial charge >= 0.3 is 68.9 Å². The van der Waals surface area contributed by atoms with Crippen LogP contribution in [0, 0.1) is 0 Å². The molecule has 0 N–H and O–H groups in total.